The van der Waals surface area contributed by atoms with E-state index in [1.54, 1.807) is 17.9 Å². The van der Waals surface area contributed by atoms with Crippen molar-refractivity contribution in [2.75, 3.05) is 19.7 Å². The molecule has 1 aliphatic carbocycles. The van der Waals surface area contributed by atoms with Crippen molar-refractivity contribution in [1.82, 2.24) is 4.90 Å². The molecule has 6 heteroatoms. The van der Waals surface area contributed by atoms with Crippen LogP contribution in [0.15, 0.2) is 18.2 Å². The molecule has 0 aliphatic heterocycles. The molecule has 0 N–H and O–H groups in total. The van der Waals surface area contributed by atoms with Crippen molar-refractivity contribution in [2.45, 2.75) is 33.1 Å². The zero-order chi connectivity index (χ0) is 16.1. The maximum absolute atomic E-state index is 12.6. The molecule has 22 heavy (non-hydrogen) atoms. The lowest BCUT2D eigenvalue weighted by atomic mass is 10.1. The summed E-state index contributed by atoms with van der Waals surface area (Å²) in [5, 5.41) is 11.2. The molecule has 6 nitrogen and oxygen atoms in total. The van der Waals surface area contributed by atoms with Gasteiger partial charge in [-0.05, 0) is 44.2 Å². The third-order valence-electron chi connectivity index (χ3n) is 3.66. The molecule has 1 aliphatic rings. The van der Waals surface area contributed by atoms with Crippen LogP contribution < -0.4 is 4.74 Å². The molecule has 0 saturated heterocycles. The van der Waals surface area contributed by atoms with Crippen LogP contribution in [0.4, 0.5) is 5.69 Å². The van der Waals surface area contributed by atoms with Gasteiger partial charge in [0.15, 0.2) is 5.75 Å². The topological polar surface area (TPSA) is 72.7 Å². The number of benzene rings is 1. The van der Waals surface area contributed by atoms with Crippen molar-refractivity contribution in [3.63, 3.8) is 0 Å². The lowest BCUT2D eigenvalue weighted by Crippen LogP contribution is -2.33. The van der Waals surface area contributed by atoms with Gasteiger partial charge in [-0.2, -0.15) is 0 Å². The van der Waals surface area contributed by atoms with Crippen molar-refractivity contribution >= 4 is 11.6 Å². The van der Waals surface area contributed by atoms with Gasteiger partial charge in [0.2, 0.25) is 0 Å². The first-order chi connectivity index (χ1) is 10.6. The van der Waals surface area contributed by atoms with Crippen LogP contribution in [0.1, 0.15) is 43.5 Å². The minimum Gasteiger partial charge on any atom is -0.487 e. The van der Waals surface area contributed by atoms with Gasteiger partial charge in [-0.15, -0.1) is 0 Å². The molecule has 120 valence electrons. The van der Waals surface area contributed by atoms with Crippen LogP contribution in [0.2, 0.25) is 0 Å². The zero-order valence-electron chi connectivity index (χ0n) is 13.1. The number of rotatable bonds is 8. The lowest BCUT2D eigenvalue weighted by Gasteiger charge is -2.22. The minimum atomic E-state index is -0.507. The predicted octanol–water partition coefficient (Wildman–Crippen LogP) is 3.26. The predicted molar refractivity (Wildman–Crippen MR) is 83.2 cm³/mol. The Labute approximate surface area is 130 Å². The second-order valence-corrected chi connectivity index (χ2v) is 5.57. The number of nitro benzene ring substituents is 1. The Balaban J connectivity index is 2.23. The number of hydrogen-bond donors (Lipinski definition) is 0. The maximum atomic E-state index is 12.6. The van der Waals surface area contributed by atoms with Crippen molar-refractivity contribution < 1.29 is 14.5 Å². The molecule has 0 atom stereocenters. The van der Waals surface area contributed by atoms with E-state index in [0.29, 0.717) is 24.6 Å². The molecule has 0 radical (unpaired) electrons. The Morgan fingerprint density at radius 1 is 1.41 bits per heavy atom. The van der Waals surface area contributed by atoms with E-state index in [1.165, 1.54) is 12.1 Å². The highest BCUT2D eigenvalue weighted by molar-refractivity contribution is 5.95. The van der Waals surface area contributed by atoms with Crippen LogP contribution in [0.3, 0.4) is 0 Å². The monoisotopic (exact) mass is 306 g/mol. The highest BCUT2D eigenvalue weighted by Gasteiger charge is 2.28. The molecule has 1 saturated carbocycles. The van der Waals surface area contributed by atoms with Crippen molar-refractivity contribution in [2.24, 2.45) is 5.92 Å². The number of nitro groups is 1. The highest BCUT2D eigenvalue weighted by atomic mass is 16.6. The SMILES string of the molecule is CCCN(CC1CC1)C(=O)c1ccc(OCC)c([N+](=O)[O-])c1. The fourth-order valence-electron chi connectivity index (χ4n) is 2.41. The molecular weight excluding hydrogens is 284 g/mol. The Morgan fingerprint density at radius 3 is 2.68 bits per heavy atom. The van der Waals surface area contributed by atoms with Crippen LogP contribution in [-0.2, 0) is 0 Å². The van der Waals surface area contributed by atoms with Crippen LogP contribution >= 0.6 is 0 Å². The number of carbonyl (C=O) groups excluding carboxylic acids is 1. The molecule has 0 bridgehead atoms. The first-order valence-corrected chi connectivity index (χ1v) is 7.77. The standard InChI is InChI=1S/C16H22N2O4/c1-3-9-17(11-12-5-6-12)16(19)13-7-8-15(22-4-2)14(10-13)18(20)21/h7-8,10,12H,3-6,9,11H2,1-2H3. The van der Waals surface area contributed by atoms with E-state index >= 15 is 0 Å². The second kappa shape index (κ2) is 7.24. The average Bonchev–Trinajstić information content (AvgIpc) is 3.30. The van der Waals surface area contributed by atoms with E-state index in [4.69, 9.17) is 4.74 Å². The van der Waals surface area contributed by atoms with E-state index in [9.17, 15) is 14.9 Å². The fraction of sp³-hybridized carbons (Fsp3) is 0.562. The van der Waals surface area contributed by atoms with Crippen LogP contribution in [0.25, 0.3) is 0 Å². The van der Waals surface area contributed by atoms with E-state index in [1.807, 2.05) is 6.92 Å². The summed E-state index contributed by atoms with van der Waals surface area (Å²) in [6, 6.07) is 4.44. The summed E-state index contributed by atoms with van der Waals surface area (Å²) in [6.45, 7) is 5.55. The van der Waals surface area contributed by atoms with Gasteiger partial charge in [-0.3, -0.25) is 14.9 Å². The van der Waals surface area contributed by atoms with Gasteiger partial charge in [0, 0.05) is 24.7 Å². The molecule has 0 heterocycles. The van der Waals surface area contributed by atoms with E-state index in [2.05, 4.69) is 0 Å². The lowest BCUT2D eigenvalue weighted by molar-refractivity contribution is -0.385. The summed E-state index contributed by atoms with van der Waals surface area (Å²) in [7, 11) is 0. The smallest absolute Gasteiger partial charge is 0.311 e. The third kappa shape index (κ3) is 3.96. The Hall–Kier alpha value is -2.11. The quantitative estimate of drug-likeness (QED) is 0.546. The van der Waals surface area contributed by atoms with Gasteiger partial charge in [0.1, 0.15) is 0 Å². The Kier molecular flexibility index (Phi) is 5.35. The summed E-state index contributed by atoms with van der Waals surface area (Å²) < 4.78 is 5.25. The summed E-state index contributed by atoms with van der Waals surface area (Å²) in [4.78, 5) is 25.1. The van der Waals surface area contributed by atoms with Crippen LogP contribution in [0.5, 0.6) is 5.75 Å². The molecule has 2 rings (SSSR count). The molecule has 0 spiro atoms. The van der Waals surface area contributed by atoms with Gasteiger partial charge < -0.3 is 9.64 Å². The summed E-state index contributed by atoms with van der Waals surface area (Å²) in [5.41, 5.74) is 0.194. The molecule has 1 amide bonds. The third-order valence-corrected chi connectivity index (χ3v) is 3.66. The fourth-order valence-corrected chi connectivity index (χ4v) is 2.41. The molecular formula is C16H22N2O4. The molecule has 1 aromatic carbocycles. The number of ether oxygens (including phenoxy) is 1. The van der Waals surface area contributed by atoms with Crippen molar-refractivity contribution in [3.05, 3.63) is 33.9 Å². The number of carbonyl (C=O) groups is 1. The van der Waals surface area contributed by atoms with E-state index < -0.39 is 4.92 Å². The normalized spacial score (nSPS) is 13.7. The average molecular weight is 306 g/mol. The largest absolute Gasteiger partial charge is 0.487 e. The Morgan fingerprint density at radius 2 is 2.14 bits per heavy atom. The molecule has 0 aromatic heterocycles. The number of nitrogens with zero attached hydrogens (tertiary/aromatic N) is 2. The number of hydrogen-bond acceptors (Lipinski definition) is 4. The number of amides is 1. The molecule has 1 aromatic rings. The van der Waals surface area contributed by atoms with Crippen LogP contribution in [-0.4, -0.2) is 35.4 Å². The first-order valence-electron chi connectivity index (χ1n) is 7.77. The summed E-state index contributed by atoms with van der Waals surface area (Å²) in [6.07, 6.45) is 3.20. The van der Waals surface area contributed by atoms with Gasteiger partial charge >= 0.3 is 5.69 Å². The van der Waals surface area contributed by atoms with Gasteiger partial charge in [-0.25, -0.2) is 0 Å². The summed E-state index contributed by atoms with van der Waals surface area (Å²) in [5.74, 6) is 0.654. The second-order valence-electron chi connectivity index (χ2n) is 5.57. The van der Waals surface area contributed by atoms with E-state index in [0.717, 1.165) is 25.8 Å². The van der Waals surface area contributed by atoms with E-state index in [-0.39, 0.29) is 17.3 Å². The summed E-state index contributed by atoms with van der Waals surface area (Å²) >= 11 is 0. The maximum Gasteiger partial charge on any atom is 0.311 e. The van der Waals surface area contributed by atoms with Crippen molar-refractivity contribution in [3.8, 4) is 5.75 Å². The van der Waals surface area contributed by atoms with Gasteiger partial charge in [0.25, 0.3) is 5.91 Å². The van der Waals surface area contributed by atoms with Gasteiger partial charge in [0.05, 0.1) is 11.5 Å². The molecule has 1 fully saturated rings. The van der Waals surface area contributed by atoms with Gasteiger partial charge in [-0.1, -0.05) is 6.92 Å². The Bertz CT molecular complexity index is 555. The van der Waals surface area contributed by atoms with Crippen LogP contribution in [0, 0.1) is 16.0 Å². The first kappa shape index (κ1) is 16.3. The van der Waals surface area contributed by atoms with Crippen molar-refractivity contribution in [1.29, 1.82) is 0 Å². The molecule has 0 unspecified atom stereocenters. The minimum absolute atomic E-state index is 0.139. The highest BCUT2D eigenvalue weighted by Crippen LogP contribution is 2.31. The zero-order valence-corrected chi connectivity index (χ0v) is 13.1.